The van der Waals surface area contributed by atoms with Crippen LogP contribution in [0.2, 0.25) is 0 Å². The van der Waals surface area contributed by atoms with Crippen molar-refractivity contribution in [3.63, 3.8) is 0 Å². The fraction of sp³-hybridized carbons (Fsp3) is 0.667. The SMILES string of the molecule is N#CC1(C(=O)NCCc2ncn[nH]2)CCCCC1. The molecule has 1 heterocycles. The average molecular weight is 247 g/mol. The molecule has 0 unspecified atom stereocenters. The first-order valence-corrected chi connectivity index (χ1v) is 6.31. The van der Waals surface area contributed by atoms with Crippen LogP contribution in [0, 0.1) is 16.7 Å². The normalized spacial score (nSPS) is 17.9. The fourth-order valence-corrected chi connectivity index (χ4v) is 2.36. The van der Waals surface area contributed by atoms with Crippen LogP contribution in [0.15, 0.2) is 6.33 Å². The number of nitriles is 1. The molecule has 0 aromatic carbocycles. The number of aromatic nitrogens is 3. The monoisotopic (exact) mass is 247 g/mol. The molecule has 0 bridgehead atoms. The molecule has 96 valence electrons. The van der Waals surface area contributed by atoms with Crippen LogP contribution in [0.3, 0.4) is 0 Å². The lowest BCUT2D eigenvalue weighted by molar-refractivity contribution is -0.129. The van der Waals surface area contributed by atoms with Crippen molar-refractivity contribution in [3.8, 4) is 6.07 Å². The molecule has 18 heavy (non-hydrogen) atoms. The zero-order valence-electron chi connectivity index (χ0n) is 10.3. The number of H-pyrrole nitrogens is 1. The molecule has 1 aromatic rings. The quantitative estimate of drug-likeness (QED) is 0.827. The highest BCUT2D eigenvalue weighted by atomic mass is 16.2. The first-order chi connectivity index (χ1) is 8.77. The molecule has 1 aliphatic carbocycles. The van der Waals surface area contributed by atoms with E-state index in [1.807, 2.05) is 0 Å². The zero-order chi connectivity index (χ0) is 12.8. The second-order valence-corrected chi connectivity index (χ2v) is 4.69. The fourth-order valence-electron chi connectivity index (χ4n) is 2.36. The van der Waals surface area contributed by atoms with Gasteiger partial charge in [-0.25, -0.2) is 4.98 Å². The number of carbonyl (C=O) groups is 1. The van der Waals surface area contributed by atoms with Crippen LogP contribution in [0.5, 0.6) is 0 Å². The molecule has 2 N–H and O–H groups in total. The van der Waals surface area contributed by atoms with Crippen molar-refractivity contribution in [3.05, 3.63) is 12.2 Å². The third-order valence-corrected chi connectivity index (χ3v) is 3.47. The highest BCUT2D eigenvalue weighted by Gasteiger charge is 2.39. The Hall–Kier alpha value is -1.90. The molecule has 2 rings (SSSR count). The molecule has 1 fully saturated rings. The molecule has 1 saturated carbocycles. The second-order valence-electron chi connectivity index (χ2n) is 4.69. The summed E-state index contributed by atoms with van der Waals surface area (Å²) in [5.41, 5.74) is -0.806. The van der Waals surface area contributed by atoms with Gasteiger partial charge in [0.15, 0.2) is 0 Å². The molecular weight excluding hydrogens is 230 g/mol. The molecule has 0 radical (unpaired) electrons. The molecule has 1 aromatic heterocycles. The summed E-state index contributed by atoms with van der Waals surface area (Å²) in [5.74, 6) is 0.606. The van der Waals surface area contributed by atoms with Crippen LogP contribution < -0.4 is 5.32 Å². The third-order valence-electron chi connectivity index (χ3n) is 3.47. The van der Waals surface area contributed by atoms with Crippen molar-refractivity contribution in [1.29, 1.82) is 5.26 Å². The van der Waals surface area contributed by atoms with Gasteiger partial charge in [0.05, 0.1) is 6.07 Å². The number of nitrogens with one attached hydrogen (secondary N) is 2. The lowest BCUT2D eigenvalue weighted by atomic mass is 9.74. The molecule has 6 nitrogen and oxygen atoms in total. The maximum absolute atomic E-state index is 12.1. The van der Waals surface area contributed by atoms with E-state index in [9.17, 15) is 10.1 Å². The largest absolute Gasteiger partial charge is 0.354 e. The lowest BCUT2D eigenvalue weighted by Gasteiger charge is -2.29. The summed E-state index contributed by atoms with van der Waals surface area (Å²) < 4.78 is 0. The Labute approximate surface area is 106 Å². The van der Waals surface area contributed by atoms with Crippen LogP contribution in [-0.2, 0) is 11.2 Å². The molecule has 0 atom stereocenters. The molecule has 6 heteroatoms. The predicted octanol–water partition coefficient (Wildman–Crippen LogP) is 0.937. The van der Waals surface area contributed by atoms with Crippen molar-refractivity contribution in [2.75, 3.05) is 6.54 Å². The summed E-state index contributed by atoms with van der Waals surface area (Å²) in [7, 11) is 0. The van der Waals surface area contributed by atoms with Gasteiger partial charge in [0, 0.05) is 13.0 Å². The van der Waals surface area contributed by atoms with Crippen LogP contribution in [0.4, 0.5) is 0 Å². The zero-order valence-corrected chi connectivity index (χ0v) is 10.3. The Morgan fingerprint density at radius 3 is 2.89 bits per heavy atom. The minimum absolute atomic E-state index is 0.135. The smallest absolute Gasteiger partial charge is 0.240 e. The van der Waals surface area contributed by atoms with E-state index < -0.39 is 5.41 Å². The van der Waals surface area contributed by atoms with Gasteiger partial charge in [-0.05, 0) is 12.8 Å². The number of hydrogen-bond donors (Lipinski definition) is 2. The molecule has 0 spiro atoms. The van der Waals surface area contributed by atoms with Crippen molar-refractivity contribution in [2.24, 2.45) is 5.41 Å². The van der Waals surface area contributed by atoms with Crippen LogP contribution in [0.1, 0.15) is 37.9 Å². The maximum Gasteiger partial charge on any atom is 0.240 e. The molecule has 0 saturated heterocycles. The Morgan fingerprint density at radius 2 is 2.28 bits per heavy atom. The lowest BCUT2D eigenvalue weighted by Crippen LogP contribution is -2.42. The number of aromatic amines is 1. The van der Waals surface area contributed by atoms with Gasteiger partial charge in [0.2, 0.25) is 5.91 Å². The Morgan fingerprint density at radius 1 is 1.50 bits per heavy atom. The summed E-state index contributed by atoms with van der Waals surface area (Å²) in [6, 6.07) is 2.21. The Balaban J connectivity index is 1.84. The highest BCUT2D eigenvalue weighted by molar-refractivity contribution is 5.85. The highest BCUT2D eigenvalue weighted by Crippen LogP contribution is 2.35. The minimum Gasteiger partial charge on any atom is -0.354 e. The van der Waals surface area contributed by atoms with Gasteiger partial charge in [0.25, 0.3) is 0 Å². The molecule has 1 aliphatic rings. The van der Waals surface area contributed by atoms with E-state index in [1.54, 1.807) is 0 Å². The standard InChI is InChI=1S/C12H17N5O/c13-8-12(5-2-1-3-6-12)11(18)14-7-4-10-15-9-16-17-10/h9H,1-7H2,(H,14,18)(H,15,16,17). The van der Waals surface area contributed by atoms with Gasteiger partial charge in [-0.3, -0.25) is 9.89 Å². The molecular formula is C12H17N5O. The van der Waals surface area contributed by atoms with Gasteiger partial charge in [-0.1, -0.05) is 19.3 Å². The summed E-state index contributed by atoms with van der Waals surface area (Å²) in [5, 5.41) is 18.6. The van der Waals surface area contributed by atoms with Crippen molar-refractivity contribution in [1.82, 2.24) is 20.5 Å². The Bertz CT molecular complexity index is 428. The number of rotatable bonds is 4. The summed E-state index contributed by atoms with van der Waals surface area (Å²) in [4.78, 5) is 16.1. The van der Waals surface area contributed by atoms with Gasteiger partial charge in [-0.15, -0.1) is 0 Å². The average Bonchev–Trinajstić information content (AvgIpc) is 2.92. The number of hydrogen-bond acceptors (Lipinski definition) is 4. The van der Waals surface area contributed by atoms with Crippen molar-refractivity contribution in [2.45, 2.75) is 38.5 Å². The van der Waals surface area contributed by atoms with Crippen LogP contribution >= 0.6 is 0 Å². The summed E-state index contributed by atoms with van der Waals surface area (Å²) in [6.07, 6.45) is 6.44. The van der Waals surface area contributed by atoms with E-state index in [0.717, 1.165) is 25.1 Å². The van der Waals surface area contributed by atoms with Gasteiger partial charge in [0.1, 0.15) is 17.6 Å². The Kier molecular flexibility index (Phi) is 3.92. The van der Waals surface area contributed by atoms with Gasteiger partial charge in [-0.2, -0.15) is 10.4 Å². The van der Waals surface area contributed by atoms with E-state index in [4.69, 9.17) is 0 Å². The van der Waals surface area contributed by atoms with E-state index in [0.29, 0.717) is 25.8 Å². The number of nitrogens with zero attached hydrogens (tertiary/aromatic N) is 3. The van der Waals surface area contributed by atoms with Gasteiger partial charge < -0.3 is 5.32 Å². The topological polar surface area (TPSA) is 94.5 Å². The predicted molar refractivity (Wildman–Crippen MR) is 64.2 cm³/mol. The van der Waals surface area contributed by atoms with E-state index in [2.05, 4.69) is 26.6 Å². The van der Waals surface area contributed by atoms with Crippen molar-refractivity contribution >= 4 is 5.91 Å². The minimum atomic E-state index is -0.806. The van der Waals surface area contributed by atoms with Crippen LogP contribution in [-0.4, -0.2) is 27.6 Å². The van der Waals surface area contributed by atoms with E-state index >= 15 is 0 Å². The molecule has 1 amide bonds. The number of carbonyl (C=O) groups excluding carboxylic acids is 1. The summed E-state index contributed by atoms with van der Waals surface area (Å²) in [6.45, 7) is 0.484. The van der Waals surface area contributed by atoms with Crippen molar-refractivity contribution < 1.29 is 4.79 Å². The maximum atomic E-state index is 12.1. The second kappa shape index (κ2) is 5.63. The van der Waals surface area contributed by atoms with E-state index in [1.165, 1.54) is 6.33 Å². The van der Waals surface area contributed by atoms with Gasteiger partial charge >= 0.3 is 0 Å². The van der Waals surface area contributed by atoms with Crippen LogP contribution in [0.25, 0.3) is 0 Å². The third kappa shape index (κ3) is 2.67. The summed E-state index contributed by atoms with van der Waals surface area (Å²) >= 11 is 0. The first kappa shape index (κ1) is 12.6. The first-order valence-electron chi connectivity index (χ1n) is 6.31. The molecule has 0 aliphatic heterocycles. The van der Waals surface area contributed by atoms with E-state index in [-0.39, 0.29) is 5.91 Å². The number of amides is 1.